The number of carbonyl (C=O) groups is 1. The highest BCUT2D eigenvalue weighted by Gasteiger charge is 2.30. The van der Waals surface area contributed by atoms with Crippen molar-refractivity contribution in [2.24, 2.45) is 4.99 Å². The molecule has 2 unspecified atom stereocenters. The topological polar surface area (TPSA) is 76.8 Å². The van der Waals surface area contributed by atoms with Crippen LogP contribution >= 0.6 is 0 Å². The molecule has 172 valence electrons. The summed E-state index contributed by atoms with van der Waals surface area (Å²) in [6.45, 7) is -0.554. The second-order valence-corrected chi connectivity index (χ2v) is 9.09. The van der Waals surface area contributed by atoms with Gasteiger partial charge in [-0.3, -0.25) is 18.7 Å². The zero-order valence-corrected chi connectivity index (χ0v) is 17.7. The second kappa shape index (κ2) is 9.00. The zero-order valence-electron chi connectivity index (χ0n) is 16.8. The van der Waals surface area contributed by atoms with Crippen molar-refractivity contribution in [3.05, 3.63) is 35.8 Å². The average molecular weight is 472 g/mol. The summed E-state index contributed by atoms with van der Waals surface area (Å²) in [5, 5.41) is 4.42. The van der Waals surface area contributed by atoms with Crippen molar-refractivity contribution >= 4 is 22.9 Å². The molecule has 0 aliphatic carbocycles. The lowest BCUT2D eigenvalue weighted by Crippen LogP contribution is -2.29. The molecular weight excluding hydrogens is 452 g/mol. The van der Waals surface area contributed by atoms with E-state index in [1.807, 2.05) is 0 Å². The number of ether oxygens (including phenoxy) is 1. The zero-order chi connectivity index (χ0) is 22.9. The maximum Gasteiger partial charge on any atom is 0.422 e. The summed E-state index contributed by atoms with van der Waals surface area (Å²) >= 11 is 0. The van der Waals surface area contributed by atoms with Crippen LogP contribution in [0.25, 0.3) is 11.3 Å². The molecule has 1 saturated heterocycles. The van der Waals surface area contributed by atoms with Crippen LogP contribution in [0.2, 0.25) is 0 Å². The number of rotatable bonds is 5. The molecule has 1 amide bonds. The van der Waals surface area contributed by atoms with Gasteiger partial charge in [-0.2, -0.15) is 18.3 Å². The van der Waals surface area contributed by atoms with Crippen molar-refractivity contribution in [3.63, 3.8) is 0 Å². The van der Waals surface area contributed by atoms with E-state index in [1.165, 1.54) is 21.7 Å². The van der Waals surface area contributed by atoms with Gasteiger partial charge >= 0.3 is 6.18 Å². The fourth-order valence-corrected chi connectivity index (χ4v) is 4.76. The highest BCUT2D eigenvalue weighted by atomic mass is 32.2. The summed E-state index contributed by atoms with van der Waals surface area (Å²) in [5.41, 5.74) is 0.654. The Morgan fingerprint density at radius 3 is 2.72 bits per heavy atom. The van der Waals surface area contributed by atoms with Gasteiger partial charge in [-0.15, -0.1) is 0 Å². The number of aliphatic imine (C=N–C) groups is 1. The van der Waals surface area contributed by atoms with Crippen molar-refractivity contribution in [1.29, 1.82) is 0 Å². The highest BCUT2D eigenvalue weighted by Crippen LogP contribution is 2.31. The van der Waals surface area contributed by atoms with Crippen LogP contribution in [-0.2, 0) is 10.8 Å². The molecule has 0 bridgehead atoms. The molecule has 0 radical (unpaired) electrons. The van der Waals surface area contributed by atoms with Crippen molar-refractivity contribution in [1.82, 2.24) is 14.7 Å². The van der Waals surface area contributed by atoms with Crippen LogP contribution in [0.1, 0.15) is 29.4 Å². The number of nitrogens with zero attached hydrogens (tertiary/aromatic N) is 4. The first-order valence-electron chi connectivity index (χ1n) is 9.94. The van der Waals surface area contributed by atoms with Crippen LogP contribution in [0.15, 0.2) is 29.3 Å². The van der Waals surface area contributed by atoms with Gasteiger partial charge in [0.2, 0.25) is 0 Å². The van der Waals surface area contributed by atoms with E-state index in [9.17, 15) is 26.6 Å². The quantitative estimate of drug-likeness (QED) is 0.627. The van der Waals surface area contributed by atoms with E-state index in [1.54, 1.807) is 6.21 Å². The maximum atomic E-state index is 14.2. The Hall–Kier alpha value is -2.76. The minimum atomic E-state index is -4.57. The molecule has 2 atom stereocenters. The van der Waals surface area contributed by atoms with Crippen molar-refractivity contribution in [2.45, 2.75) is 25.1 Å². The Bertz CT molecular complexity index is 1070. The largest absolute Gasteiger partial charge is 0.484 e. The molecule has 12 heteroatoms. The van der Waals surface area contributed by atoms with Gasteiger partial charge in [-0.25, -0.2) is 4.39 Å². The first-order chi connectivity index (χ1) is 15.2. The number of hydrogen-bond donors (Lipinski definition) is 0. The molecule has 4 rings (SSSR count). The Morgan fingerprint density at radius 2 is 2.06 bits per heavy atom. The van der Waals surface area contributed by atoms with E-state index in [2.05, 4.69) is 10.1 Å². The number of aromatic nitrogens is 2. The molecular formula is C20H20F4N4O3S. The van der Waals surface area contributed by atoms with Crippen LogP contribution < -0.4 is 4.74 Å². The molecule has 1 aromatic heterocycles. The Balaban J connectivity index is 1.72. The minimum absolute atomic E-state index is 0.0832. The van der Waals surface area contributed by atoms with Gasteiger partial charge in [0, 0.05) is 47.5 Å². The van der Waals surface area contributed by atoms with Crippen molar-refractivity contribution < 1.29 is 31.3 Å². The minimum Gasteiger partial charge on any atom is -0.484 e. The smallest absolute Gasteiger partial charge is 0.422 e. The molecule has 3 heterocycles. The molecule has 2 aliphatic rings. The molecule has 0 saturated carbocycles. The van der Waals surface area contributed by atoms with Gasteiger partial charge in [-0.1, -0.05) is 0 Å². The monoisotopic (exact) mass is 472 g/mol. The fraction of sp³-hybridized carbons (Fsp3) is 0.450. The predicted octanol–water partition coefficient (Wildman–Crippen LogP) is 3.20. The third kappa shape index (κ3) is 5.17. The average Bonchev–Trinajstić information content (AvgIpc) is 3.38. The van der Waals surface area contributed by atoms with E-state index >= 15 is 0 Å². The van der Waals surface area contributed by atoms with E-state index in [0.29, 0.717) is 31.0 Å². The molecule has 1 fully saturated rings. The number of halogens is 4. The van der Waals surface area contributed by atoms with Gasteiger partial charge < -0.3 is 9.64 Å². The van der Waals surface area contributed by atoms with Gasteiger partial charge in [0.05, 0.1) is 17.6 Å². The lowest BCUT2D eigenvalue weighted by Gasteiger charge is -2.19. The number of carbonyl (C=O) groups excluding carboxylic acids is 1. The number of alkyl halides is 3. The van der Waals surface area contributed by atoms with Gasteiger partial charge in [0.15, 0.2) is 12.3 Å². The maximum absolute atomic E-state index is 14.2. The van der Waals surface area contributed by atoms with Crippen molar-refractivity contribution in [2.75, 3.05) is 31.3 Å². The Kier molecular flexibility index (Phi) is 6.31. The summed E-state index contributed by atoms with van der Waals surface area (Å²) in [5.74, 6) is -0.981. The van der Waals surface area contributed by atoms with E-state index < -0.39 is 35.3 Å². The predicted molar refractivity (Wildman–Crippen MR) is 110 cm³/mol. The number of benzene rings is 1. The molecule has 2 aromatic rings. The summed E-state index contributed by atoms with van der Waals surface area (Å²) in [6, 6.07) is 4.46. The Morgan fingerprint density at radius 1 is 1.25 bits per heavy atom. The van der Waals surface area contributed by atoms with Crippen LogP contribution in [0, 0.1) is 5.82 Å². The molecule has 32 heavy (non-hydrogen) atoms. The summed E-state index contributed by atoms with van der Waals surface area (Å²) in [7, 11) is -1.11. The number of amides is 1. The third-order valence-corrected chi connectivity index (χ3v) is 6.32. The van der Waals surface area contributed by atoms with Crippen LogP contribution in [0.5, 0.6) is 5.75 Å². The van der Waals surface area contributed by atoms with Gasteiger partial charge in [0.1, 0.15) is 11.6 Å². The van der Waals surface area contributed by atoms with E-state index in [-0.39, 0.29) is 28.9 Å². The highest BCUT2D eigenvalue weighted by molar-refractivity contribution is 7.85. The SMILES string of the molecule is O=C(c1cc(-c2cc(F)cc(OCC(F)(F)F)c2)n(C2C=NCCC2)n1)N1CCS(=O)C1. The lowest BCUT2D eigenvalue weighted by atomic mass is 10.1. The Labute approximate surface area is 183 Å². The van der Waals surface area contributed by atoms with E-state index in [0.717, 1.165) is 18.6 Å². The standard InChI is InChI=1S/C20H20F4N4O3S/c21-14-6-13(7-16(8-14)31-11-20(22,23)24)18-9-17(19(29)27-4-5-32(30)12-27)26-28(18)15-2-1-3-25-10-15/h6-10,15H,1-5,11-12H2. The van der Waals surface area contributed by atoms with Crippen LogP contribution in [0.4, 0.5) is 17.6 Å². The van der Waals surface area contributed by atoms with Gasteiger partial charge in [0.25, 0.3) is 5.91 Å². The second-order valence-electron chi connectivity index (χ2n) is 7.55. The number of hydrogen-bond acceptors (Lipinski definition) is 5. The fourth-order valence-electron chi connectivity index (χ4n) is 3.61. The first kappa shape index (κ1) is 22.4. The van der Waals surface area contributed by atoms with Crippen molar-refractivity contribution in [3.8, 4) is 17.0 Å². The van der Waals surface area contributed by atoms with Gasteiger partial charge in [-0.05, 0) is 31.0 Å². The van der Waals surface area contributed by atoms with Crippen LogP contribution in [0.3, 0.4) is 0 Å². The summed E-state index contributed by atoms with van der Waals surface area (Å²) in [4.78, 5) is 18.6. The molecule has 1 aromatic carbocycles. The molecule has 0 spiro atoms. The lowest BCUT2D eigenvalue weighted by molar-refractivity contribution is -0.153. The molecule has 0 N–H and O–H groups in total. The third-order valence-electron chi connectivity index (χ3n) is 5.08. The molecule has 2 aliphatic heterocycles. The van der Waals surface area contributed by atoms with Crippen LogP contribution in [-0.4, -0.2) is 68.5 Å². The molecule has 7 nitrogen and oxygen atoms in total. The first-order valence-corrected chi connectivity index (χ1v) is 11.4. The van der Waals surface area contributed by atoms with E-state index in [4.69, 9.17) is 4.74 Å². The summed E-state index contributed by atoms with van der Waals surface area (Å²) < 4.78 is 69.7. The summed E-state index contributed by atoms with van der Waals surface area (Å²) in [6.07, 6.45) is -1.40. The normalized spacial score (nSPS) is 21.2.